The van der Waals surface area contributed by atoms with Crippen LogP contribution in [-0.2, 0) is 17.8 Å². The largest absolute Gasteiger partial charge is 0.491 e. The van der Waals surface area contributed by atoms with E-state index in [1.165, 1.54) is 5.56 Å². The number of likely N-dealkylation sites (tertiary alicyclic amines) is 1. The van der Waals surface area contributed by atoms with Crippen molar-refractivity contribution in [2.24, 2.45) is 0 Å². The van der Waals surface area contributed by atoms with E-state index in [1.54, 1.807) is 12.5 Å². The lowest BCUT2D eigenvalue weighted by Crippen LogP contribution is -2.34. The van der Waals surface area contributed by atoms with Crippen molar-refractivity contribution < 1.29 is 14.3 Å². The van der Waals surface area contributed by atoms with Gasteiger partial charge < -0.3 is 19.4 Å². The molecule has 0 bridgehead atoms. The van der Waals surface area contributed by atoms with Crippen LogP contribution in [0.15, 0.2) is 43.0 Å². The van der Waals surface area contributed by atoms with Crippen LogP contribution in [0.5, 0.6) is 5.75 Å². The van der Waals surface area contributed by atoms with E-state index >= 15 is 0 Å². The van der Waals surface area contributed by atoms with Crippen LogP contribution in [0.25, 0.3) is 0 Å². The maximum Gasteiger partial charge on any atom is 0.407 e. The number of carbonyl (C=O) groups is 1. The van der Waals surface area contributed by atoms with Crippen molar-refractivity contribution in [3.05, 3.63) is 48.5 Å². The summed E-state index contributed by atoms with van der Waals surface area (Å²) in [5.41, 5.74) is 0.882. The third-order valence-corrected chi connectivity index (χ3v) is 5.39. The Morgan fingerprint density at radius 2 is 2.19 bits per heavy atom. The van der Waals surface area contributed by atoms with Gasteiger partial charge in [0, 0.05) is 37.5 Å². The van der Waals surface area contributed by atoms with Gasteiger partial charge in [0.2, 0.25) is 0 Å². The SMILES string of the molecule is O=C1NC[C@]2(CCCN(Cc3ccccc3OCCn3ccnc3)CC2)O1. The minimum atomic E-state index is -0.313. The summed E-state index contributed by atoms with van der Waals surface area (Å²) in [4.78, 5) is 17.9. The van der Waals surface area contributed by atoms with Crippen molar-refractivity contribution in [3.8, 4) is 5.75 Å². The Morgan fingerprint density at radius 3 is 3.00 bits per heavy atom. The molecular formula is C20H26N4O3. The van der Waals surface area contributed by atoms with E-state index in [9.17, 15) is 4.79 Å². The van der Waals surface area contributed by atoms with Crippen molar-refractivity contribution in [1.82, 2.24) is 19.8 Å². The summed E-state index contributed by atoms with van der Waals surface area (Å²) in [6.45, 7) is 4.78. The number of rotatable bonds is 6. The molecule has 144 valence electrons. The van der Waals surface area contributed by atoms with E-state index in [1.807, 2.05) is 22.9 Å². The van der Waals surface area contributed by atoms with Gasteiger partial charge in [0.25, 0.3) is 0 Å². The Morgan fingerprint density at radius 1 is 1.26 bits per heavy atom. The van der Waals surface area contributed by atoms with Crippen molar-refractivity contribution in [1.29, 1.82) is 0 Å². The van der Waals surface area contributed by atoms with Gasteiger partial charge in [-0.1, -0.05) is 18.2 Å². The fourth-order valence-corrected chi connectivity index (χ4v) is 3.86. The number of nitrogens with one attached hydrogen (secondary N) is 1. The Bertz CT molecular complexity index is 764. The van der Waals surface area contributed by atoms with Crippen LogP contribution in [0.2, 0.25) is 0 Å². The van der Waals surface area contributed by atoms with Crippen LogP contribution in [-0.4, -0.2) is 52.4 Å². The van der Waals surface area contributed by atoms with Crippen LogP contribution in [0.3, 0.4) is 0 Å². The topological polar surface area (TPSA) is 68.6 Å². The molecule has 1 aromatic carbocycles. The lowest BCUT2D eigenvalue weighted by molar-refractivity contribution is 0.0443. The number of amides is 1. The average molecular weight is 370 g/mol. The number of alkyl carbamates (subject to hydrolysis) is 1. The lowest BCUT2D eigenvalue weighted by Gasteiger charge is -2.25. The first-order chi connectivity index (χ1) is 13.2. The fraction of sp³-hybridized carbons (Fsp3) is 0.500. The Balaban J connectivity index is 1.34. The number of benzene rings is 1. The van der Waals surface area contributed by atoms with Gasteiger partial charge in [-0.15, -0.1) is 0 Å². The molecule has 7 heteroatoms. The van der Waals surface area contributed by atoms with Crippen molar-refractivity contribution >= 4 is 6.09 Å². The normalized spacial score (nSPS) is 23.0. The number of hydrogen-bond donors (Lipinski definition) is 1. The number of carbonyl (C=O) groups excluding carboxylic acids is 1. The monoisotopic (exact) mass is 370 g/mol. The summed E-state index contributed by atoms with van der Waals surface area (Å²) in [5.74, 6) is 0.936. The molecule has 0 saturated carbocycles. The van der Waals surface area contributed by atoms with Crippen LogP contribution >= 0.6 is 0 Å². The summed E-state index contributed by atoms with van der Waals surface area (Å²) < 4.78 is 13.6. The van der Waals surface area contributed by atoms with E-state index in [-0.39, 0.29) is 11.7 Å². The van der Waals surface area contributed by atoms with Gasteiger partial charge in [-0.05, 0) is 25.5 Å². The van der Waals surface area contributed by atoms with Gasteiger partial charge in [-0.2, -0.15) is 0 Å². The average Bonchev–Trinajstić information content (AvgIpc) is 3.26. The number of para-hydroxylation sites is 1. The maximum atomic E-state index is 11.5. The van der Waals surface area contributed by atoms with Crippen molar-refractivity contribution in [2.45, 2.75) is 38.0 Å². The van der Waals surface area contributed by atoms with Gasteiger partial charge in [0.05, 0.1) is 19.4 Å². The molecule has 1 atom stereocenters. The van der Waals surface area contributed by atoms with E-state index in [4.69, 9.17) is 9.47 Å². The first kappa shape index (κ1) is 17.9. The summed E-state index contributed by atoms with van der Waals surface area (Å²) in [5, 5.41) is 2.81. The van der Waals surface area contributed by atoms with Gasteiger partial charge in [-0.3, -0.25) is 4.90 Å². The molecule has 2 aromatic rings. The van der Waals surface area contributed by atoms with Crippen LogP contribution < -0.4 is 10.1 Å². The predicted octanol–water partition coefficient (Wildman–Crippen LogP) is 2.43. The molecule has 2 aliphatic rings. The molecule has 2 saturated heterocycles. The molecule has 4 rings (SSSR count). The molecule has 2 aliphatic heterocycles. The number of nitrogens with zero attached hydrogens (tertiary/aromatic N) is 3. The molecule has 2 fully saturated rings. The zero-order valence-electron chi connectivity index (χ0n) is 15.5. The molecule has 1 amide bonds. The highest BCUT2D eigenvalue weighted by molar-refractivity contribution is 5.70. The smallest absolute Gasteiger partial charge is 0.407 e. The van der Waals surface area contributed by atoms with E-state index in [0.29, 0.717) is 13.2 Å². The lowest BCUT2D eigenvalue weighted by atomic mass is 9.95. The fourth-order valence-electron chi connectivity index (χ4n) is 3.86. The molecular weight excluding hydrogens is 344 g/mol. The van der Waals surface area contributed by atoms with Gasteiger partial charge in [0.15, 0.2) is 0 Å². The number of hydrogen-bond acceptors (Lipinski definition) is 5. The predicted molar refractivity (Wildman–Crippen MR) is 101 cm³/mol. The summed E-state index contributed by atoms with van der Waals surface area (Å²) in [6.07, 6.45) is 8.05. The van der Waals surface area contributed by atoms with E-state index in [0.717, 1.165) is 51.2 Å². The second-order valence-corrected chi connectivity index (χ2v) is 7.31. The first-order valence-electron chi connectivity index (χ1n) is 9.58. The highest BCUT2D eigenvalue weighted by Gasteiger charge is 2.41. The second-order valence-electron chi connectivity index (χ2n) is 7.31. The molecule has 0 unspecified atom stereocenters. The summed E-state index contributed by atoms with van der Waals surface area (Å²) in [7, 11) is 0. The minimum Gasteiger partial charge on any atom is -0.491 e. The molecule has 7 nitrogen and oxygen atoms in total. The van der Waals surface area contributed by atoms with Crippen LogP contribution in [0.1, 0.15) is 24.8 Å². The van der Waals surface area contributed by atoms with Gasteiger partial charge >= 0.3 is 6.09 Å². The zero-order valence-corrected chi connectivity index (χ0v) is 15.5. The molecule has 0 aliphatic carbocycles. The first-order valence-corrected chi connectivity index (χ1v) is 9.58. The molecule has 0 radical (unpaired) electrons. The minimum absolute atomic E-state index is 0.278. The number of ether oxygens (including phenoxy) is 2. The quantitative estimate of drug-likeness (QED) is 0.846. The second kappa shape index (κ2) is 8.00. The van der Waals surface area contributed by atoms with Crippen molar-refractivity contribution in [3.63, 3.8) is 0 Å². The van der Waals surface area contributed by atoms with Crippen LogP contribution in [0.4, 0.5) is 4.79 Å². The summed E-state index contributed by atoms with van der Waals surface area (Å²) >= 11 is 0. The highest BCUT2D eigenvalue weighted by Crippen LogP contribution is 2.30. The Hall–Kier alpha value is -2.54. The number of aromatic nitrogens is 2. The van der Waals surface area contributed by atoms with E-state index < -0.39 is 0 Å². The maximum absolute atomic E-state index is 11.5. The van der Waals surface area contributed by atoms with E-state index in [2.05, 4.69) is 27.3 Å². The molecule has 1 spiro atoms. The summed E-state index contributed by atoms with van der Waals surface area (Å²) in [6, 6.07) is 8.23. The standard InChI is InChI=1S/C20H26N4O3/c25-19-22-15-20(27-19)6-3-9-23(10-7-20)14-17-4-1-2-5-18(17)26-13-12-24-11-8-21-16-24/h1-2,4-5,8,11,16H,3,6-7,9-10,12-15H2,(H,22,25)/t20-/m1/s1. The van der Waals surface area contributed by atoms with Crippen molar-refractivity contribution in [2.75, 3.05) is 26.2 Å². The highest BCUT2D eigenvalue weighted by atomic mass is 16.6. The Labute approximate surface area is 159 Å². The zero-order chi connectivity index (χ0) is 18.5. The molecule has 3 heterocycles. The molecule has 1 N–H and O–H groups in total. The Kier molecular flexibility index (Phi) is 5.29. The van der Waals surface area contributed by atoms with Gasteiger partial charge in [-0.25, -0.2) is 9.78 Å². The van der Waals surface area contributed by atoms with Gasteiger partial charge in [0.1, 0.15) is 18.0 Å². The van der Waals surface area contributed by atoms with Crippen LogP contribution in [0, 0.1) is 0 Å². The molecule has 27 heavy (non-hydrogen) atoms. The number of imidazole rings is 1. The third-order valence-electron chi connectivity index (χ3n) is 5.39. The third kappa shape index (κ3) is 4.42. The molecule has 1 aromatic heterocycles.